The fourth-order valence-corrected chi connectivity index (χ4v) is 4.96. The summed E-state index contributed by atoms with van der Waals surface area (Å²) >= 11 is 0. The summed E-state index contributed by atoms with van der Waals surface area (Å²) in [4.78, 5) is 2.37. The normalized spacial score (nSPS) is 21.2. The Balaban J connectivity index is 0.00000192. The van der Waals surface area contributed by atoms with Crippen LogP contribution in [0.25, 0.3) is 21.5 Å². The molecule has 0 spiro atoms. The lowest BCUT2D eigenvalue weighted by molar-refractivity contribution is 0.0552. The van der Waals surface area contributed by atoms with E-state index >= 15 is 0 Å². The Morgan fingerprint density at radius 3 is 2.39 bits per heavy atom. The summed E-state index contributed by atoms with van der Waals surface area (Å²) in [7, 11) is 3.27. The van der Waals surface area contributed by atoms with Crippen LogP contribution in [0.15, 0.2) is 30.3 Å². The molecule has 148 valence electrons. The van der Waals surface area contributed by atoms with Gasteiger partial charge in [-0.2, -0.15) is 0 Å². The summed E-state index contributed by atoms with van der Waals surface area (Å²) < 4.78 is 11.1. The fraction of sp³-hybridized carbons (Fsp3) is 0.364. The Bertz CT molecular complexity index is 1070. The quantitative estimate of drug-likeness (QED) is 0.632. The standard InChI is InChI=1S/C22H23NO4.ClH/c1-26-19-9-14-13-6-5-12(24)8-16(13)21-17(15(14)10-20(19)27-2)11-23-7-3-4-18(23)22(21)25;/h5-6,8-10,18,22,24-25H,3-4,7,11H2,1-2H3;1H/t18-,22+;/m0./s1. The number of aliphatic hydroxyl groups excluding tert-OH is 1. The average Bonchev–Trinajstić information content (AvgIpc) is 3.15. The SMILES string of the molecule is COc1cc2c3c(c4cc(O)ccc4c2cc1OC)[C@H](O)[C@@H]1CCCN1C3.Cl. The van der Waals surface area contributed by atoms with Crippen LogP contribution in [0.5, 0.6) is 17.2 Å². The van der Waals surface area contributed by atoms with Crippen molar-refractivity contribution >= 4 is 34.0 Å². The Hall–Kier alpha value is -2.21. The molecule has 2 aliphatic rings. The van der Waals surface area contributed by atoms with Gasteiger partial charge in [0.2, 0.25) is 0 Å². The van der Waals surface area contributed by atoms with E-state index in [1.165, 1.54) is 0 Å². The third-order valence-electron chi connectivity index (χ3n) is 6.19. The zero-order chi connectivity index (χ0) is 18.7. The van der Waals surface area contributed by atoms with Crippen LogP contribution in [0.2, 0.25) is 0 Å². The number of phenolic OH excluding ortho intramolecular Hbond substituents is 1. The van der Waals surface area contributed by atoms with Gasteiger partial charge in [-0.1, -0.05) is 6.07 Å². The highest BCUT2D eigenvalue weighted by Gasteiger charge is 2.39. The van der Waals surface area contributed by atoms with Gasteiger partial charge in [0.15, 0.2) is 11.5 Å². The minimum atomic E-state index is -0.557. The van der Waals surface area contributed by atoms with Crippen LogP contribution >= 0.6 is 12.4 Å². The molecule has 2 N–H and O–H groups in total. The largest absolute Gasteiger partial charge is 0.508 e. The predicted octanol–water partition coefficient (Wildman–Crippen LogP) is 4.15. The van der Waals surface area contributed by atoms with E-state index in [0.29, 0.717) is 11.5 Å². The van der Waals surface area contributed by atoms with Crippen LogP contribution in [0, 0.1) is 0 Å². The molecule has 5 rings (SSSR count). The molecule has 2 heterocycles. The third-order valence-corrected chi connectivity index (χ3v) is 6.19. The van der Waals surface area contributed by atoms with Crippen molar-refractivity contribution in [2.45, 2.75) is 31.5 Å². The molecule has 1 saturated heterocycles. The number of phenols is 1. The number of hydrogen-bond donors (Lipinski definition) is 2. The number of nitrogens with zero attached hydrogens (tertiary/aromatic N) is 1. The fourth-order valence-electron chi connectivity index (χ4n) is 4.96. The smallest absolute Gasteiger partial charge is 0.161 e. The molecule has 0 bridgehead atoms. The maximum absolute atomic E-state index is 11.2. The van der Waals surface area contributed by atoms with Crippen LogP contribution in [0.4, 0.5) is 0 Å². The molecule has 0 aromatic heterocycles. The number of halogens is 1. The highest BCUT2D eigenvalue weighted by atomic mass is 35.5. The highest BCUT2D eigenvalue weighted by molar-refractivity contribution is 6.12. The van der Waals surface area contributed by atoms with E-state index in [1.807, 2.05) is 18.2 Å². The van der Waals surface area contributed by atoms with Gasteiger partial charge in [0.1, 0.15) is 5.75 Å². The number of ether oxygens (including phenoxy) is 2. The van der Waals surface area contributed by atoms with Crippen LogP contribution in [-0.2, 0) is 6.54 Å². The van der Waals surface area contributed by atoms with Crippen molar-refractivity contribution in [2.75, 3.05) is 20.8 Å². The molecule has 0 radical (unpaired) electrons. The number of hydrogen-bond acceptors (Lipinski definition) is 5. The second-order valence-corrected chi connectivity index (χ2v) is 7.50. The number of benzene rings is 3. The Morgan fingerprint density at radius 2 is 1.68 bits per heavy atom. The highest BCUT2D eigenvalue weighted by Crippen LogP contribution is 2.47. The Morgan fingerprint density at radius 1 is 0.964 bits per heavy atom. The molecular formula is C22H24ClNO4. The van der Waals surface area contributed by atoms with Crippen molar-refractivity contribution in [2.24, 2.45) is 0 Å². The van der Waals surface area contributed by atoms with Crippen molar-refractivity contribution in [3.8, 4) is 17.2 Å². The van der Waals surface area contributed by atoms with Crippen molar-refractivity contribution < 1.29 is 19.7 Å². The average molecular weight is 402 g/mol. The first kappa shape index (κ1) is 19.1. The molecule has 0 amide bonds. The lowest BCUT2D eigenvalue weighted by Gasteiger charge is -2.37. The van der Waals surface area contributed by atoms with Gasteiger partial charge in [-0.05, 0) is 76.3 Å². The van der Waals surface area contributed by atoms with Gasteiger partial charge in [-0.15, -0.1) is 12.4 Å². The second-order valence-electron chi connectivity index (χ2n) is 7.50. The molecule has 1 fully saturated rings. The minimum absolute atomic E-state index is 0. The molecule has 6 heteroatoms. The molecule has 0 aliphatic carbocycles. The van der Waals surface area contributed by atoms with E-state index in [-0.39, 0.29) is 24.2 Å². The number of fused-ring (bicyclic) bond motifs is 7. The first-order valence-corrected chi connectivity index (χ1v) is 9.37. The lowest BCUT2D eigenvalue weighted by atomic mass is 9.83. The number of methoxy groups -OCH3 is 2. The van der Waals surface area contributed by atoms with E-state index in [9.17, 15) is 10.2 Å². The zero-order valence-electron chi connectivity index (χ0n) is 15.9. The van der Waals surface area contributed by atoms with Gasteiger partial charge in [0.05, 0.1) is 20.3 Å². The van der Waals surface area contributed by atoms with E-state index in [0.717, 1.165) is 58.6 Å². The predicted molar refractivity (Wildman–Crippen MR) is 112 cm³/mol. The second kappa shape index (κ2) is 6.99. The summed E-state index contributed by atoms with van der Waals surface area (Å²) in [5.41, 5.74) is 2.07. The van der Waals surface area contributed by atoms with Gasteiger partial charge in [0.25, 0.3) is 0 Å². The zero-order valence-corrected chi connectivity index (χ0v) is 16.8. The number of rotatable bonds is 2. The van der Waals surface area contributed by atoms with E-state index < -0.39 is 6.10 Å². The summed E-state index contributed by atoms with van der Waals surface area (Å²) in [5.74, 6) is 1.57. The lowest BCUT2D eigenvalue weighted by Crippen LogP contribution is -2.39. The van der Waals surface area contributed by atoms with Crippen LogP contribution in [-0.4, -0.2) is 41.9 Å². The van der Waals surface area contributed by atoms with E-state index in [1.54, 1.807) is 26.4 Å². The van der Waals surface area contributed by atoms with Crippen molar-refractivity contribution in [1.29, 1.82) is 0 Å². The first-order chi connectivity index (χ1) is 13.1. The minimum Gasteiger partial charge on any atom is -0.508 e. The molecule has 0 unspecified atom stereocenters. The molecule has 0 saturated carbocycles. The summed E-state index contributed by atoms with van der Waals surface area (Å²) in [6, 6.07) is 9.56. The first-order valence-electron chi connectivity index (χ1n) is 9.37. The summed E-state index contributed by atoms with van der Waals surface area (Å²) in [6.45, 7) is 1.81. The maximum atomic E-state index is 11.2. The molecule has 3 aromatic rings. The summed E-state index contributed by atoms with van der Waals surface area (Å²) in [6.07, 6.45) is 1.55. The number of aliphatic hydroxyl groups is 1. The van der Waals surface area contributed by atoms with Gasteiger partial charge < -0.3 is 19.7 Å². The van der Waals surface area contributed by atoms with Crippen molar-refractivity contribution in [3.63, 3.8) is 0 Å². The van der Waals surface area contributed by atoms with Crippen molar-refractivity contribution in [3.05, 3.63) is 41.5 Å². The van der Waals surface area contributed by atoms with Gasteiger partial charge >= 0.3 is 0 Å². The maximum Gasteiger partial charge on any atom is 0.161 e. The monoisotopic (exact) mass is 401 g/mol. The third kappa shape index (κ3) is 2.61. The molecule has 2 aliphatic heterocycles. The van der Waals surface area contributed by atoms with Crippen LogP contribution < -0.4 is 9.47 Å². The van der Waals surface area contributed by atoms with Gasteiger partial charge in [-0.25, -0.2) is 0 Å². The van der Waals surface area contributed by atoms with Gasteiger partial charge in [0, 0.05) is 12.6 Å². The topological polar surface area (TPSA) is 62.2 Å². The molecule has 3 aromatic carbocycles. The van der Waals surface area contributed by atoms with Crippen LogP contribution in [0.1, 0.15) is 30.1 Å². The van der Waals surface area contributed by atoms with Gasteiger partial charge in [-0.3, -0.25) is 4.90 Å². The van der Waals surface area contributed by atoms with Crippen LogP contribution in [0.3, 0.4) is 0 Å². The molecular weight excluding hydrogens is 378 g/mol. The van der Waals surface area contributed by atoms with E-state index in [2.05, 4.69) is 4.90 Å². The Labute approximate surface area is 169 Å². The number of aromatic hydroxyl groups is 1. The Kier molecular flexibility index (Phi) is 4.78. The molecule has 28 heavy (non-hydrogen) atoms. The summed E-state index contributed by atoms with van der Waals surface area (Å²) in [5, 5.41) is 25.4. The van der Waals surface area contributed by atoms with E-state index in [4.69, 9.17) is 9.47 Å². The molecule has 2 atom stereocenters. The molecule has 5 nitrogen and oxygen atoms in total. The van der Waals surface area contributed by atoms with Crippen molar-refractivity contribution in [1.82, 2.24) is 4.90 Å².